The second-order valence-electron chi connectivity index (χ2n) is 5.58. The Morgan fingerprint density at radius 2 is 1.95 bits per heavy atom. The summed E-state index contributed by atoms with van der Waals surface area (Å²) in [6.45, 7) is 4.35. The summed E-state index contributed by atoms with van der Waals surface area (Å²) in [7, 11) is 0. The lowest BCUT2D eigenvalue weighted by molar-refractivity contribution is -0.160. The van der Waals surface area contributed by atoms with Crippen molar-refractivity contribution < 1.29 is 14.3 Å². The van der Waals surface area contributed by atoms with Crippen molar-refractivity contribution in [2.75, 3.05) is 0 Å². The van der Waals surface area contributed by atoms with Gasteiger partial charge in [0.05, 0.1) is 6.61 Å². The highest BCUT2D eigenvalue weighted by molar-refractivity contribution is 5.87. The number of carbonyl (C=O) groups is 1. The van der Waals surface area contributed by atoms with Gasteiger partial charge in [0, 0.05) is 11.6 Å². The van der Waals surface area contributed by atoms with Gasteiger partial charge in [-0.05, 0) is 30.2 Å². The number of allylic oxidation sites excluding steroid dienone is 1. The Hall–Kier alpha value is -2.39. The Kier molecular flexibility index (Phi) is 4.07. The average Bonchev–Trinajstić information content (AvgIpc) is 2.84. The topological polar surface area (TPSA) is 35.5 Å². The van der Waals surface area contributed by atoms with E-state index in [2.05, 4.69) is 18.2 Å². The molecule has 1 atom stereocenters. The van der Waals surface area contributed by atoms with E-state index in [9.17, 15) is 4.79 Å². The summed E-state index contributed by atoms with van der Waals surface area (Å²) >= 11 is 0. The number of rotatable bonds is 4. The molecule has 3 rings (SSSR count). The zero-order valence-electron chi connectivity index (χ0n) is 12.7. The number of ether oxygens (including phenoxy) is 2. The van der Waals surface area contributed by atoms with Crippen LogP contribution in [0.25, 0.3) is 10.8 Å². The van der Waals surface area contributed by atoms with E-state index < -0.39 is 6.29 Å². The fourth-order valence-electron chi connectivity index (χ4n) is 2.57. The van der Waals surface area contributed by atoms with E-state index in [1.165, 1.54) is 11.5 Å². The lowest BCUT2D eigenvalue weighted by Gasteiger charge is -2.15. The van der Waals surface area contributed by atoms with Crippen LogP contribution in [0.15, 0.2) is 65.8 Å². The van der Waals surface area contributed by atoms with E-state index in [4.69, 9.17) is 9.47 Å². The van der Waals surface area contributed by atoms with E-state index in [1.807, 2.05) is 44.2 Å². The predicted molar refractivity (Wildman–Crippen MR) is 86.1 cm³/mol. The van der Waals surface area contributed by atoms with Crippen LogP contribution in [-0.4, -0.2) is 12.3 Å². The molecule has 1 aliphatic heterocycles. The molecule has 3 nitrogen and oxygen atoms in total. The van der Waals surface area contributed by atoms with Gasteiger partial charge in [0.1, 0.15) is 0 Å². The zero-order valence-corrected chi connectivity index (χ0v) is 12.7. The maximum Gasteiger partial charge on any atom is 0.333 e. The van der Waals surface area contributed by atoms with E-state index in [-0.39, 0.29) is 5.97 Å². The van der Waals surface area contributed by atoms with Crippen LogP contribution < -0.4 is 0 Å². The Bertz CT molecular complexity index is 762. The van der Waals surface area contributed by atoms with E-state index in [0.29, 0.717) is 6.61 Å². The Balaban J connectivity index is 1.78. The van der Waals surface area contributed by atoms with Gasteiger partial charge in [0.2, 0.25) is 6.29 Å². The van der Waals surface area contributed by atoms with E-state index in [1.54, 1.807) is 0 Å². The molecular formula is C19H18O3. The van der Waals surface area contributed by atoms with Crippen LogP contribution in [0.4, 0.5) is 0 Å². The molecule has 1 unspecified atom stereocenters. The van der Waals surface area contributed by atoms with Gasteiger partial charge >= 0.3 is 5.97 Å². The van der Waals surface area contributed by atoms with Crippen molar-refractivity contribution >= 4 is 16.7 Å². The smallest absolute Gasteiger partial charge is 0.333 e. The van der Waals surface area contributed by atoms with Crippen LogP contribution >= 0.6 is 0 Å². The number of carbonyl (C=O) groups excluding carboxylic acids is 1. The number of benzene rings is 2. The lowest BCUT2D eigenvalue weighted by Crippen LogP contribution is -2.15. The molecule has 3 heteroatoms. The quantitative estimate of drug-likeness (QED) is 0.795. The summed E-state index contributed by atoms with van der Waals surface area (Å²) in [6.07, 6.45) is 2.78. The van der Waals surface area contributed by atoms with Crippen LogP contribution in [0.3, 0.4) is 0 Å². The third-order valence-corrected chi connectivity index (χ3v) is 3.51. The molecule has 112 valence electrons. The molecule has 2 aromatic rings. The molecule has 0 aliphatic carbocycles. The van der Waals surface area contributed by atoms with E-state index in [0.717, 1.165) is 22.1 Å². The minimum absolute atomic E-state index is 0.351. The summed E-state index contributed by atoms with van der Waals surface area (Å²) < 4.78 is 11.0. The second kappa shape index (κ2) is 6.16. The SMILES string of the molecule is CC(C)=CC1=CC(=O)OC1OCc1cccc2ccccc12. The van der Waals surface area contributed by atoms with Crippen molar-refractivity contribution in [2.24, 2.45) is 0 Å². The summed E-state index contributed by atoms with van der Waals surface area (Å²) in [5.74, 6) is -0.351. The summed E-state index contributed by atoms with van der Waals surface area (Å²) in [6, 6.07) is 14.3. The first kappa shape index (κ1) is 14.5. The highest BCUT2D eigenvalue weighted by atomic mass is 16.7. The number of hydrogen-bond acceptors (Lipinski definition) is 3. The molecule has 0 amide bonds. The normalized spacial score (nSPS) is 17.3. The van der Waals surface area contributed by atoms with Gasteiger partial charge in [-0.25, -0.2) is 4.79 Å². The highest BCUT2D eigenvalue weighted by Crippen LogP contribution is 2.24. The maximum absolute atomic E-state index is 11.5. The third kappa shape index (κ3) is 3.10. The third-order valence-electron chi connectivity index (χ3n) is 3.51. The minimum atomic E-state index is -0.624. The lowest BCUT2D eigenvalue weighted by atomic mass is 10.1. The van der Waals surface area contributed by atoms with Gasteiger partial charge in [0.15, 0.2) is 0 Å². The number of fused-ring (bicyclic) bond motifs is 1. The van der Waals surface area contributed by atoms with Crippen LogP contribution in [0.2, 0.25) is 0 Å². The molecule has 0 fully saturated rings. The Morgan fingerprint density at radius 1 is 1.18 bits per heavy atom. The van der Waals surface area contributed by atoms with Crippen molar-refractivity contribution in [3.63, 3.8) is 0 Å². The van der Waals surface area contributed by atoms with Crippen LogP contribution in [0.5, 0.6) is 0 Å². The van der Waals surface area contributed by atoms with E-state index >= 15 is 0 Å². The minimum Gasteiger partial charge on any atom is -0.428 e. The summed E-state index contributed by atoms with van der Waals surface area (Å²) in [5.41, 5.74) is 2.95. The van der Waals surface area contributed by atoms with Crippen LogP contribution in [0.1, 0.15) is 19.4 Å². The van der Waals surface area contributed by atoms with Gasteiger partial charge in [-0.15, -0.1) is 0 Å². The molecule has 1 aliphatic rings. The van der Waals surface area contributed by atoms with Crippen LogP contribution in [-0.2, 0) is 20.9 Å². The molecule has 0 saturated carbocycles. The Labute approximate surface area is 129 Å². The second-order valence-corrected chi connectivity index (χ2v) is 5.58. The van der Waals surface area contributed by atoms with Gasteiger partial charge in [-0.3, -0.25) is 0 Å². The largest absolute Gasteiger partial charge is 0.428 e. The molecule has 0 radical (unpaired) electrons. The number of hydrogen-bond donors (Lipinski definition) is 0. The average molecular weight is 294 g/mol. The van der Waals surface area contributed by atoms with Gasteiger partial charge in [-0.1, -0.05) is 54.1 Å². The first-order valence-corrected chi connectivity index (χ1v) is 7.29. The fourth-order valence-corrected chi connectivity index (χ4v) is 2.57. The standard InChI is InChI=1S/C19H18O3/c1-13(2)10-16-11-18(20)22-19(16)21-12-15-8-5-7-14-6-3-4-9-17(14)15/h3-11,19H,12H2,1-2H3. The number of cyclic esters (lactones) is 1. The molecule has 0 bridgehead atoms. The van der Waals surface area contributed by atoms with Gasteiger partial charge < -0.3 is 9.47 Å². The van der Waals surface area contributed by atoms with Crippen molar-refractivity contribution in [3.8, 4) is 0 Å². The molecule has 0 spiro atoms. The molecule has 1 heterocycles. The highest BCUT2D eigenvalue weighted by Gasteiger charge is 2.25. The molecule has 0 aromatic heterocycles. The first-order chi connectivity index (χ1) is 10.6. The van der Waals surface area contributed by atoms with Crippen LogP contribution in [0, 0.1) is 0 Å². The molecular weight excluding hydrogens is 276 g/mol. The molecule has 2 aromatic carbocycles. The maximum atomic E-state index is 11.5. The first-order valence-electron chi connectivity index (χ1n) is 7.29. The summed E-state index contributed by atoms with van der Waals surface area (Å²) in [4.78, 5) is 11.5. The Morgan fingerprint density at radius 3 is 2.77 bits per heavy atom. The van der Waals surface area contributed by atoms with Gasteiger partial charge in [0.25, 0.3) is 0 Å². The molecule has 0 saturated heterocycles. The summed E-state index contributed by atoms with van der Waals surface area (Å²) in [5, 5.41) is 2.33. The fraction of sp³-hybridized carbons (Fsp3) is 0.211. The zero-order chi connectivity index (χ0) is 15.5. The van der Waals surface area contributed by atoms with Crippen molar-refractivity contribution in [2.45, 2.75) is 26.7 Å². The molecule has 0 N–H and O–H groups in total. The number of esters is 1. The molecule has 22 heavy (non-hydrogen) atoms. The van der Waals surface area contributed by atoms with Crippen molar-refractivity contribution in [1.82, 2.24) is 0 Å². The van der Waals surface area contributed by atoms with Crippen molar-refractivity contribution in [1.29, 1.82) is 0 Å². The predicted octanol–water partition coefficient (Wildman–Crippen LogP) is 4.13. The van der Waals surface area contributed by atoms with Crippen molar-refractivity contribution in [3.05, 3.63) is 71.3 Å². The van der Waals surface area contributed by atoms with Gasteiger partial charge in [-0.2, -0.15) is 0 Å². The monoisotopic (exact) mass is 294 g/mol.